The molecule has 1 aliphatic carbocycles. The Morgan fingerprint density at radius 3 is 1.66 bits per heavy atom. The molecule has 31 nitrogen and oxygen atoms in total. The maximum atomic E-state index is 14.3. The number of ether oxygens (including phenoxy) is 1. The zero-order valence-electron chi connectivity index (χ0n) is 49.2. The molecule has 86 heavy (non-hydrogen) atoms. The summed E-state index contributed by atoms with van der Waals surface area (Å²) >= 11 is 5.89. The highest BCUT2D eigenvalue weighted by Gasteiger charge is 2.41. The molecule has 2 fully saturated rings. The lowest BCUT2D eigenvalue weighted by Gasteiger charge is -2.29. The van der Waals surface area contributed by atoms with Gasteiger partial charge in [0.25, 0.3) is 5.91 Å². The van der Waals surface area contributed by atoms with Crippen molar-refractivity contribution in [1.29, 1.82) is 0 Å². The Hall–Kier alpha value is -6.61. The molecule has 2 aliphatic rings. The number of cyclic esters (lactones) is 1. The van der Waals surface area contributed by atoms with E-state index in [4.69, 9.17) is 33.5 Å². The SMILES string of the molecule is C/C=C1/NC(=O)[C@H]([C@H](C)O)NC(=O)[C@H](CCN)NC(=O)[C@H](CCCCN)NC(=O)[C@H](CC(=O)NC2CC2)NC(=O)[C@@H](CCN)NC(=O)[C@@H](NC(=O)C[C@@H](O)CCCCCCCCCCC)COC(=O)[C@H]([C@H](O)CCl)NC(=O)[C@H](C(O)C(=O)O)NC1=O. The number of carboxylic acids is 1. The van der Waals surface area contributed by atoms with Crippen LogP contribution in [0.3, 0.4) is 0 Å². The van der Waals surface area contributed by atoms with Crippen molar-refractivity contribution in [3.05, 3.63) is 11.8 Å². The number of esters is 1. The van der Waals surface area contributed by atoms with Crippen LogP contribution in [-0.2, 0) is 62.3 Å². The summed E-state index contributed by atoms with van der Waals surface area (Å²) in [6.45, 7) is 2.79. The van der Waals surface area contributed by atoms with Crippen molar-refractivity contribution in [2.45, 2.75) is 222 Å². The van der Waals surface area contributed by atoms with E-state index in [-0.39, 0.29) is 57.8 Å². The molecule has 0 bridgehead atoms. The molecule has 0 aromatic carbocycles. The number of aliphatic hydroxyl groups is 4. The number of hydrogen-bond acceptors (Lipinski definition) is 20. The standard InChI is InChI=1S/C54H92ClN13O18/c1-4-6-7-8-9-10-11-12-13-16-31(70)25-39(72)60-37-28-86-54(85)42(38(71)27-55)67-52(82)43(44(74)53(83)84)68-45(75)32(5-2)61-51(81)41(29(3)69)66-48(78)35(21-24-58)63-46(76)33(17-14-15-22-56)62-49(79)36(26-40(73)59-30-18-19-30)65-47(77)34(20-23-57)64-50(37)80/h5,29-31,33-38,41-44,69-71,74H,4,6-28,56-58H2,1-3H3,(H,59,73)(H,60,72)(H,61,81)(H,62,79)(H,63,76)(H,64,80)(H,65,77)(H,66,78)(H,67,82)(H,68,75)(H,83,84)/b32-5+/t29-,31-,33-,34+,35-,36-,37-,38+,41-,42-,43-,44?/m0/s1. The molecule has 21 N–H and O–H groups in total. The van der Waals surface area contributed by atoms with Gasteiger partial charge in [0.2, 0.25) is 53.2 Å². The molecule has 488 valence electrons. The van der Waals surface area contributed by atoms with Crippen LogP contribution < -0.4 is 70.4 Å². The van der Waals surface area contributed by atoms with Crippen molar-refractivity contribution in [2.75, 3.05) is 32.1 Å². The molecule has 2 rings (SSSR count). The second kappa shape index (κ2) is 40.7. The number of nitrogens with two attached hydrogens (primary N) is 3. The Bertz CT molecular complexity index is 2300. The molecule has 1 heterocycles. The van der Waals surface area contributed by atoms with Crippen LogP contribution in [0.25, 0.3) is 0 Å². The summed E-state index contributed by atoms with van der Waals surface area (Å²) in [7, 11) is 0. The first-order valence-electron chi connectivity index (χ1n) is 29.3. The van der Waals surface area contributed by atoms with E-state index in [0.717, 1.165) is 64.4 Å². The fourth-order valence-corrected chi connectivity index (χ4v) is 8.93. The predicted molar refractivity (Wildman–Crippen MR) is 309 cm³/mol. The van der Waals surface area contributed by atoms with Crippen LogP contribution in [0.5, 0.6) is 0 Å². The minimum Gasteiger partial charge on any atom is -0.479 e. The van der Waals surface area contributed by atoms with Gasteiger partial charge < -0.3 is 101 Å². The lowest BCUT2D eigenvalue weighted by atomic mass is 10.0. The zero-order valence-corrected chi connectivity index (χ0v) is 50.0. The molecule has 0 spiro atoms. The minimum atomic E-state index is -2.82. The van der Waals surface area contributed by atoms with Gasteiger partial charge in [0.1, 0.15) is 54.6 Å². The molecular formula is C54H92ClN13O18. The molecule has 32 heteroatoms. The van der Waals surface area contributed by atoms with E-state index in [1.54, 1.807) is 0 Å². The maximum absolute atomic E-state index is 14.3. The Morgan fingerprint density at radius 2 is 1.14 bits per heavy atom. The number of hydrogen-bond donors (Lipinski definition) is 18. The third-order valence-corrected chi connectivity index (χ3v) is 14.2. The lowest BCUT2D eigenvalue weighted by Crippen LogP contribution is -2.62. The summed E-state index contributed by atoms with van der Waals surface area (Å²) in [6, 6.07) is -15.6. The van der Waals surface area contributed by atoms with Crippen molar-refractivity contribution < 1.29 is 87.8 Å². The van der Waals surface area contributed by atoms with E-state index in [1.165, 1.54) is 6.92 Å². The highest BCUT2D eigenvalue weighted by molar-refractivity contribution is 6.18. The highest BCUT2D eigenvalue weighted by Crippen LogP contribution is 2.19. The molecule has 1 saturated heterocycles. The summed E-state index contributed by atoms with van der Waals surface area (Å²) < 4.78 is 5.33. The molecule has 0 radical (unpaired) electrons. The van der Waals surface area contributed by atoms with Crippen LogP contribution in [0, 0.1) is 0 Å². The number of unbranched alkanes of at least 4 members (excludes halogenated alkanes) is 9. The largest absolute Gasteiger partial charge is 0.479 e. The Morgan fingerprint density at radius 1 is 0.616 bits per heavy atom. The number of nitrogens with one attached hydrogen (secondary N) is 10. The molecule has 12 atom stereocenters. The number of alkyl halides is 1. The Kier molecular flexibility index (Phi) is 35.7. The number of aliphatic hydroxyl groups excluding tert-OH is 4. The van der Waals surface area contributed by atoms with Crippen LogP contribution in [-0.4, -0.2) is 207 Å². The van der Waals surface area contributed by atoms with Gasteiger partial charge in [-0.15, -0.1) is 11.6 Å². The van der Waals surface area contributed by atoms with E-state index < -0.39 is 175 Å². The van der Waals surface area contributed by atoms with E-state index in [2.05, 4.69) is 49.5 Å². The third kappa shape index (κ3) is 27.8. The molecule has 0 aromatic rings. The second-order valence-corrected chi connectivity index (χ2v) is 21.6. The molecule has 10 amide bonds. The summed E-state index contributed by atoms with van der Waals surface area (Å²) in [5.41, 5.74) is 16.7. The number of carboxylic acid groups (broad SMARTS) is 1. The summed E-state index contributed by atoms with van der Waals surface area (Å²) in [5.74, 6) is -16.3. The molecule has 0 aromatic heterocycles. The average Bonchev–Trinajstić information content (AvgIpc) is 3.52. The summed E-state index contributed by atoms with van der Waals surface area (Å²) in [4.78, 5) is 165. The highest BCUT2D eigenvalue weighted by atomic mass is 35.5. The Labute approximate surface area is 504 Å². The first-order valence-corrected chi connectivity index (χ1v) is 29.9. The van der Waals surface area contributed by atoms with Crippen LogP contribution in [0.4, 0.5) is 0 Å². The number of amides is 10. The smallest absolute Gasteiger partial charge is 0.335 e. The third-order valence-electron chi connectivity index (χ3n) is 13.9. The number of rotatable bonds is 29. The van der Waals surface area contributed by atoms with Gasteiger partial charge >= 0.3 is 11.9 Å². The van der Waals surface area contributed by atoms with E-state index in [0.29, 0.717) is 25.7 Å². The van der Waals surface area contributed by atoms with Gasteiger partial charge in [-0.3, -0.25) is 47.9 Å². The molecule has 1 saturated carbocycles. The van der Waals surface area contributed by atoms with Crippen molar-refractivity contribution in [2.24, 2.45) is 17.2 Å². The normalized spacial score (nSPS) is 24.9. The zero-order chi connectivity index (χ0) is 64.5. The van der Waals surface area contributed by atoms with Gasteiger partial charge in [0.05, 0.1) is 37.0 Å². The fraction of sp³-hybridized carbons (Fsp3) is 0.741. The van der Waals surface area contributed by atoms with Crippen molar-refractivity contribution in [3.8, 4) is 0 Å². The quantitative estimate of drug-likeness (QED) is 0.0144. The first kappa shape index (κ1) is 75.5. The summed E-state index contributed by atoms with van der Waals surface area (Å²) in [6.07, 6.45) is 1.72. The van der Waals surface area contributed by atoms with Crippen molar-refractivity contribution in [1.82, 2.24) is 53.2 Å². The van der Waals surface area contributed by atoms with Crippen molar-refractivity contribution in [3.63, 3.8) is 0 Å². The number of allylic oxidation sites excluding steroid dienone is 1. The van der Waals surface area contributed by atoms with Gasteiger partial charge in [0, 0.05) is 6.04 Å². The minimum absolute atomic E-state index is 0.134. The van der Waals surface area contributed by atoms with Gasteiger partial charge in [-0.05, 0) is 84.8 Å². The van der Waals surface area contributed by atoms with Crippen LogP contribution >= 0.6 is 11.6 Å². The average molecular weight is 1250 g/mol. The lowest BCUT2D eigenvalue weighted by molar-refractivity contribution is -0.155. The van der Waals surface area contributed by atoms with Crippen LogP contribution in [0.1, 0.15) is 143 Å². The molecule has 1 unspecified atom stereocenters. The number of halogens is 1. The van der Waals surface area contributed by atoms with Crippen molar-refractivity contribution >= 4 is 82.6 Å². The number of carbonyl (C=O) groups excluding carboxylic acids is 11. The van der Waals surface area contributed by atoms with Crippen LogP contribution in [0.15, 0.2) is 11.8 Å². The monoisotopic (exact) mass is 1250 g/mol. The maximum Gasteiger partial charge on any atom is 0.335 e. The van der Waals surface area contributed by atoms with E-state index >= 15 is 0 Å². The van der Waals surface area contributed by atoms with Crippen LogP contribution in [0.2, 0.25) is 0 Å². The Balaban J connectivity index is 2.79. The molecular weight excluding hydrogens is 1150 g/mol. The molecule has 1 aliphatic heterocycles. The predicted octanol–water partition coefficient (Wildman–Crippen LogP) is -4.97. The van der Waals surface area contributed by atoms with Gasteiger partial charge in [-0.1, -0.05) is 70.8 Å². The van der Waals surface area contributed by atoms with Gasteiger partial charge in [-0.2, -0.15) is 0 Å². The second-order valence-electron chi connectivity index (χ2n) is 21.3. The van der Waals surface area contributed by atoms with Gasteiger partial charge in [0.15, 0.2) is 12.1 Å². The topological polar surface area (TPSA) is 514 Å². The van der Waals surface area contributed by atoms with Gasteiger partial charge in [-0.25, -0.2) is 9.59 Å². The number of carbonyl (C=O) groups is 12. The fourth-order valence-electron chi connectivity index (χ4n) is 8.75. The van der Waals surface area contributed by atoms with E-state index in [9.17, 15) is 83.1 Å². The number of aliphatic carboxylic acids is 1. The van der Waals surface area contributed by atoms with E-state index in [1.807, 2.05) is 10.6 Å². The summed E-state index contributed by atoms with van der Waals surface area (Å²) in [5, 5.41) is 75.9. The first-order chi connectivity index (χ1) is 40.8.